The normalized spacial score (nSPS) is 11.6. The minimum absolute atomic E-state index is 4.67. The molecule has 0 saturated heterocycles. The molecule has 10 heteroatoms. The Balaban J connectivity index is 0. The van der Waals surface area contributed by atoms with Gasteiger partial charge in [-0.25, -0.2) is 0 Å². The van der Waals surface area contributed by atoms with E-state index in [0.717, 1.165) is 0 Å². The maximum atomic E-state index is 8.80. The van der Waals surface area contributed by atoms with Crippen LogP contribution in [0, 0.1) is 0 Å². The SMILES string of the molecule is O=S(=O)(O)O.[O]=[Mn](=[O])([OH])[OH]. The second kappa shape index (κ2) is 3.93. The van der Waals surface area contributed by atoms with Gasteiger partial charge in [0.1, 0.15) is 0 Å². The van der Waals surface area contributed by atoms with E-state index >= 15 is 0 Å². The third-order valence-electron chi connectivity index (χ3n) is 0. The first-order valence-electron chi connectivity index (χ1n) is 1.35. The van der Waals surface area contributed by atoms with Crippen LogP contribution in [0.15, 0.2) is 0 Å². The van der Waals surface area contributed by atoms with Crippen LogP contribution in [-0.4, -0.2) is 25.9 Å². The summed E-state index contributed by atoms with van der Waals surface area (Å²) in [6, 6.07) is 0. The van der Waals surface area contributed by atoms with E-state index in [0.29, 0.717) is 0 Å². The maximum absolute atomic E-state index is 8.80. The molecular weight excluding hydrogens is 215 g/mol. The summed E-state index contributed by atoms with van der Waals surface area (Å²) in [5.74, 6) is 0. The molecule has 0 amide bonds. The van der Waals surface area contributed by atoms with Crippen molar-refractivity contribution in [2.45, 2.75) is 0 Å². The van der Waals surface area contributed by atoms with Gasteiger partial charge in [-0.05, 0) is 0 Å². The molecule has 8 nitrogen and oxygen atoms in total. The summed E-state index contributed by atoms with van der Waals surface area (Å²) in [5, 5.41) is 0. The Morgan fingerprint density at radius 3 is 1.00 bits per heavy atom. The predicted molar refractivity (Wildman–Crippen MR) is 20.0 cm³/mol. The Hall–Kier alpha value is -0.0905. The quantitative estimate of drug-likeness (QED) is 0.269. The minimum atomic E-state index is -5.12. The molecule has 0 aromatic rings. The molecule has 0 aromatic heterocycles. The summed E-state index contributed by atoms with van der Waals surface area (Å²) >= 11 is -5.12. The summed E-state index contributed by atoms with van der Waals surface area (Å²) in [6.45, 7) is 0. The number of hydrogen-bond donors (Lipinski definition) is 4. The zero-order valence-electron chi connectivity index (χ0n) is 4.21. The zero-order valence-corrected chi connectivity index (χ0v) is 6.20. The van der Waals surface area contributed by atoms with Crippen molar-refractivity contribution in [3.05, 3.63) is 0 Å². The molecule has 0 unspecified atom stereocenters. The average molecular weight is 219 g/mol. The van der Waals surface area contributed by atoms with Crippen molar-refractivity contribution in [2.75, 3.05) is 0 Å². The van der Waals surface area contributed by atoms with E-state index in [-0.39, 0.29) is 0 Å². The van der Waals surface area contributed by atoms with E-state index in [9.17, 15) is 0 Å². The fourth-order valence-electron chi connectivity index (χ4n) is 0. The Bertz CT molecular complexity index is 206. The van der Waals surface area contributed by atoms with Crippen LogP contribution in [-0.2, 0) is 31.4 Å². The van der Waals surface area contributed by atoms with Crippen LogP contribution in [0.4, 0.5) is 0 Å². The molecule has 0 heterocycles. The topological polar surface area (TPSA) is 149 Å². The van der Waals surface area contributed by atoms with Crippen molar-refractivity contribution in [3.63, 3.8) is 0 Å². The van der Waals surface area contributed by atoms with Crippen LogP contribution in [0.5, 0.6) is 0 Å². The molecule has 0 radical (unpaired) electrons. The van der Waals surface area contributed by atoms with Gasteiger partial charge in [0.25, 0.3) is 0 Å². The van der Waals surface area contributed by atoms with Crippen LogP contribution in [0.2, 0.25) is 0 Å². The fourth-order valence-corrected chi connectivity index (χ4v) is 0. The molecule has 0 saturated carbocycles. The Labute approximate surface area is 58.0 Å². The van der Waals surface area contributed by atoms with Crippen molar-refractivity contribution in [1.82, 2.24) is 0 Å². The Morgan fingerprint density at radius 2 is 1.00 bits per heavy atom. The van der Waals surface area contributed by atoms with E-state index < -0.39 is 23.8 Å². The van der Waals surface area contributed by atoms with Crippen LogP contribution in [0.3, 0.4) is 0 Å². The number of rotatable bonds is 0. The van der Waals surface area contributed by atoms with Crippen molar-refractivity contribution in [3.8, 4) is 0 Å². The van der Waals surface area contributed by atoms with Crippen molar-refractivity contribution < 1.29 is 46.9 Å². The predicted octanol–water partition coefficient (Wildman–Crippen LogP) is -2.01. The van der Waals surface area contributed by atoms with Crippen LogP contribution in [0.25, 0.3) is 0 Å². The third-order valence-corrected chi connectivity index (χ3v) is 0. The van der Waals surface area contributed by atoms with E-state index in [1.165, 1.54) is 0 Å². The zero-order chi connectivity index (χ0) is 9.00. The van der Waals surface area contributed by atoms with E-state index in [4.69, 9.17) is 33.6 Å². The molecule has 4 N–H and O–H groups in total. The van der Waals surface area contributed by atoms with Crippen molar-refractivity contribution >= 4 is 10.4 Å². The second-order valence-electron chi connectivity index (χ2n) is 0.862. The summed E-state index contributed by atoms with van der Waals surface area (Å²) in [4.78, 5) is 0. The summed E-state index contributed by atoms with van der Waals surface area (Å²) in [7, 11) is -4.67. The molecule has 0 aliphatic carbocycles. The average Bonchev–Trinajstić information content (AvgIpc) is 1.12. The molecule has 0 rings (SSSR count). The monoisotopic (exact) mass is 219 g/mol. The van der Waals surface area contributed by atoms with Crippen molar-refractivity contribution in [1.29, 1.82) is 0 Å². The molecule has 0 aliphatic rings. The first-order chi connectivity index (χ1) is 4.00. The van der Waals surface area contributed by atoms with Gasteiger partial charge in [-0.2, -0.15) is 8.42 Å². The fraction of sp³-hybridized carbons (Fsp3) is 0. The Morgan fingerprint density at radius 1 is 1.00 bits per heavy atom. The summed E-state index contributed by atoms with van der Waals surface area (Å²) in [5.41, 5.74) is 0. The van der Waals surface area contributed by atoms with Gasteiger partial charge in [-0.1, -0.05) is 0 Å². The van der Waals surface area contributed by atoms with Crippen LogP contribution in [0.1, 0.15) is 0 Å². The van der Waals surface area contributed by atoms with Gasteiger partial charge in [0.2, 0.25) is 0 Å². The third kappa shape index (κ3) is 46100. The Kier molecular flexibility index (Phi) is 4.94. The molecule has 0 fully saturated rings. The molecule has 10 heavy (non-hydrogen) atoms. The van der Waals surface area contributed by atoms with E-state index in [1.807, 2.05) is 0 Å². The van der Waals surface area contributed by atoms with E-state index in [2.05, 4.69) is 0 Å². The van der Waals surface area contributed by atoms with Gasteiger partial charge in [-0.3, -0.25) is 9.11 Å². The molecule has 65 valence electrons. The van der Waals surface area contributed by atoms with Gasteiger partial charge in [0.15, 0.2) is 0 Å². The van der Waals surface area contributed by atoms with Gasteiger partial charge in [-0.15, -0.1) is 0 Å². The molecular formula is H4MnO8S. The van der Waals surface area contributed by atoms with Crippen molar-refractivity contribution in [2.24, 2.45) is 0 Å². The molecule has 0 bridgehead atoms. The standard InChI is InChI=1S/Mn.H2O4S.2H2O.2O/c;1-5(2,3)4;;;;/h;(H2,1,2,3,4);2*1H2;;/q+2;;;;;/p-2. The molecule has 0 atom stereocenters. The first-order valence-corrected chi connectivity index (χ1v) is 4.76. The molecule has 0 aliphatic heterocycles. The second-order valence-corrected chi connectivity index (χ2v) is 3.05. The van der Waals surface area contributed by atoms with Gasteiger partial charge < -0.3 is 0 Å². The van der Waals surface area contributed by atoms with Crippen LogP contribution >= 0.6 is 0 Å². The van der Waals surface area contributed by atoms with E-state index in [1.54, 1.807) is 0 Å². The van der Waals surface area contributed by atoms with Gasteiger partial charge in [0, 0.05) is 0 Å². The van der Waals surface area contributed by atoms with Gasteiger partial charge in [0.05, 0.1) is 0 Å². The first kappa shape index (κ1) is 12.6. The van der Waals surface area contributed by atoms with Crippen LogP contribution < -0.4 is 0 Å². The molecule has 0 aromatic carbocycles. The van der Waals surface area contributed by atoms with Gasteiger partial charge >= 0.3 is 39.8 Å². The number of hydrogen-bond acceptors (Lipinski definition) is 4. The molecule has 0 spiro atoms. The summed E-state index contributed by atoms with van der Waals surface area (Å²) in [6.07, 6.45) is 0. The summed E-state index contributed by atoms with van der Waals surface area (Å²) < 4.78 is 63.4.